The quantitative estimate of drug-likeness (QED) is 0.778. The maximum atomic E-state index is 12.5. The SMILES string of the molecule is CCN1CCC(N(C)C(C)C(=O)c2ccc(Cl)s2)CC1. The Hall–Kier alpha value is -0.420. The van der Waals surface area contributed by atoms with E-state index in [1.165, 1.54) is 11.3 Å². The maximum Gasteiger partial charge on any atom is 0.189 e. The van der Waals surface area contributed by atoms with Crippen LogP contribution >= 0.6 is 22.9 Å². The number of carbonyl (C=O) groups is 1. The van der Waals surface area contributed by atoms with Gasteiger partial charge in [0.05, 0.1) is 15.3 Å². The molecule has 1 aromatic rings. The van der Waals surface area contributed by atoms with Crippen molar-refractivity contribution in [2.75, 3.05) is 26.7 Å². The molecule has 2 rings (SSSR count). The summed E-state index contributed by atoms with van der Waals surface area (Å²) in [6.07, 6.45) is 2.29. The normalized spacial score (nSPS) is 19.4. The Kier molecular flexibility index (Phi) is 5.61. The molecule has 0 spiro atoms. The smallest absolute Gasteiger partial charge is 0.189 e. The summed E-state index contributed by atoms with van der Waals surface area (Å²) in [6.45, 7) is 7.60. The largest absolute Gasteiger partial charge is 0.303 e. The second-order valence-corrected chi connectivity index (χ2v) is 7.19. The maximum absolute atomic E-state index is 12.5. The van der Waals surface area contributed by atoms with Crippen molar-refractivity contribution in [2.45, 2.75) is 38.8 Å². The number of hydrogen-bond acceptors (Lipinski definition) is 4. The molecular weight excluding hydrogens is 292 g/mol. The lowest BCUT2D eigenvalue weighted by atomic mass is 10.0. The van der Waals surface area contributed by atoms with Crippen LogP contribution in [0.25, 0.3) is 0 Å². The molecule has 1 aliphatic rings. The van der Waals surface area contributed by atoms with Crippen molar-refractivity contribution >= 4 is 28.7 Å². The van der Waals surface area contributed by atoms with E-state index in [-0.39, 0.29) is 11.8 Å². The van der Waals surface area contributed by atoms with Gasteiger partial charge in [0.15, 0.2) is 5.78 Å². The molecule has 1 unspecified atom stereocenters. The number of piperidine rings is 1. The van der Waals surface area contributed by atoms with E-state index in [1.807, 2.05) is 13.0 Å². The van der Waals surface area contributed by atoms with Crippen LogP contribution in [-0.2, 0) is 0 Å². The predicted molar refractivity (Wildman–Crippen MR) is 86.0 cm³/mol. The highest BCUT2D eigenvalue weighted by atomic mass is 35.5. The zero-order chi connectivity index (χ0) is 14.7. The lowest BCUT2D eigenvalue weighted by Gasteiger charge is -2.38. The second kappa shape index (κ2) is 7.03. The average molecular weight is 315 g/mol. The Morgan fingerprint density at radius 3 is 2.65 bits per heavy atom. The molecule has 0 N–H and O–H groups in total. The van der Waals surface area contributed by atoms with Gasteiger partial charge >= 0.3 is 0 Å². The molecule has 1 aliphatic heterocycles. The van der Waals surface area contributed by atoms with Crippen LogP contribution < -0.4 is 0 Å². The van der Waals surface area contributed by atoms with Gasteiger partial charge in [0.1, 0.15) is 0 Å². The number of nitrogens with zero attached hydrogens (tertiary/aromatic N) is 2. The van der Waals surface area contributed by atoms with Gasteiger partial charge in [-0.15, -0.1) is 11.3 Å². The standard InChI is InChI=1S/C15H23ClN2OS/c1-4-18-9-7-12(8-10-18)17(3)11(2)15(19)13-5-6-14(16)20-13/h5-6,11-12H,4,7-10H2,1-3H3. The Morgan fingerprint density at radius 1 is 1.50 bits per heavy atom. The van der Waals surface area contributed by atoms with Gasteiger partial charge in [-0.2, -0.15) is 0 Å². The number of carbonyl (C=O) groups excluding carboxylic acids is 1. The summed E-state index contributed by atoms with van der Waals surface area (Å²) < 4.78 is 0.680. The first-order valence-electron chi connectivity index (χ1n) is 7.26. The fraction of sp³-hybridized carbons (Fsp3) is 0.667. The minimum Gasteiger partial charge on any atom is -0.303 e. The van der Waals surface area contributed by atoms with Gasteiger partial charge in [-0.1, -0.05) is 18.5 Å². The van der Waals surface area contributed by atoms with E-state index in [0.29, 0.717) is 10.4 Å². The molecular formula is C15H23ClN2OS. The molecule has 112 valence electrons. The Bertz CT molecular complexity index is 454. The van der Waals surface area contributed by atoms with E-state index in [4.69, 9.17) is 11.6 Å². The van der Waals surface area contributed by atoms with Crippen LogP contribution in [0, 0.1) is 0 Å². The summed E-state index contributed by atoms with van der Waals surface area (Å²) in [5.74, 6) is 0.183. The predicted octanol–water partition coefficient (Wildman–Crippen LogP) is 3.39. The molecule has 0 bridgehead atoms. The number of halogens is 1. The van der Waals surface area contributed by atoms with Crippen LogP contribution in [0.5, 0.6) is 0 Å². The summed E-state index contributed by atoms with van der Waals surface area (Å²) in [7, 11) is 2.07. The van der Waals surface area contributed by atoms with Gasteiger partial charge in [-0.3, -0.25) is 9.69 Å². The lowest BCUT2D eigenvalue weighted by molar-refractivity contribution is 0.0716. The monoisotopic (exact) mass is 314 g/mol. The summed E-state index contributed by atoms with van der Waals surface area (Å²) in [5, 5.41) is 0. The zero-order valence-corrected chi connectivity index (χ0v) is 14.0. The molecule has 20 heavy (non-hydrogen) atoms. The topological polar surface area (TPSA) is 23.6 Å². The van der Waals surface area contributed by atoms with E-state index in [1.54, 1.807) is 6.07 Å². The first-order valence-corrected chi connectivity index (χ1v) is 8.46. The van der Waals surface area contributed by atoms with Gasteiger partial charge in [0.2, 0.25) is 0 Å². The van der Waals surface area contributed by atoms with Gasteiger partial charge < -0.3 is 4.90 Å². The van der Waals surface area contributed by atoms with Crippen LogP contribution in [-0.4, -0.2) is 54.3 Å². The van der Waals surface area contributed by atoms with Crippen molar-refractivity contribution in [3.05, 3.63) is 21.3 Å². The summed E-state index contributed by atoms with van der Waals surface area (Å²) in [4.78, 5) is 17.9. The number of ketones is 1. The van der Waals surface area contributed by atoms with Crippen molar-refractivity contribution in [3.63, 3.8) is 0 Å². The first kappa shape index (κ1) is 16.0. The third-order valence-electron chi connectivity index (χ3n) is 4.39. The van der Waals surface area contributed by atoms with Crippen LogP contribution in [0.4, 0.5) is 0 Å². The molecule has 5 heteroatoms. The molecule has 1 aromatic heterocycles. The highest BCUT2D eigenvalue weighted by Crippen LogP contribution is 2.25. The number of Topliss-reactive ketones (excluding diaryl/α,β-unsaturated/α-hetero) is 1. The summed E-state index contributed by atoms with van der Waals surface area (Å²) in [6, 6.07) is 4.06. The molecule has 1 atom stereocenters. The van der Waals surface area contributed by atoms with Crippen molar-refractivity contribution in [3.8, 4) is 0 Å². The zero-order valence-electron chi connectivity index (χ0n) is 12.4. The molecule has 0 saturated carbocycles. The van der Waals surface area contributed by atoms with Gasteiger partial charge in [-0.05, 0) is 58.6 Å². The highest BCUT2D eigenvalue weighted by Gasteiger charge is 2.28. The molecule has 0 radical (unpaired) electrons. The van der Waals surface area contributed by atoms with Crippen LogP contribution in [0.15, 0.2) is 12.1 Å². The molecule has 0 aromatic carbocycles. The number of likely N-dealkylation sites (N-methyl/N-ethyl adjacent to an activating group) is 1. The summed E-state index contributed by atoms with van der Waals surface area (Å²) >= 11 is 7.29. The Morgan fingerprint density at radius 2 is 2.15 bits per heavy atom. The van der Waals surface area contributed by atoms with E-state index in [2.05, 4.69) is 23.8 Å². The number of hydrogen-bond donors (Lipinski definition) is 0. The third kappa shape index (κ3) is 3.61. The Labute approximate surface area is 130 Å². The van der Waals surface area contributed by atoms with Crippen LogP contribution in [0.3, 0.4) is 0 Å². The molecule has 0 amide bonds. The van der Waals surface area contributed by atoms with Crippen molar-refractivity contribution in [2.24, 2.45) is 0 Å². The molecule has 1 saturated heterocycles. The van der Waals surface area contributed by atoms with Gasteiger partial charge in [0, 0.05) is 6.04 Å². The van der Waals surface area contributed by atoms with E-state index >= 15 is 0 Å². The van der Waals surface area contributed by atoms with Crippen molar-refractivity contribution in [1.29, 1.82) is 0 Å². The van der Waals surface area contributed by atoms with E-state index in [0.717, 1.165) is 37.4 Å². The number of likely N-dealkylation sites (tertiary alicyclic amines) is 1. The first-order chi connectivity index (χ1) is 9.52. The molecule has 3 nitrogen and oxygen atoms in total. The van der Waals surface area contributed by atoms with Crippen molar-refractivity contribution < 1.29 is 4.79 Å². The fourth-order valence-electron chi connectivity index (χ4n) is 2.80. The molecule has 2 heterocycles. The molecule has 1 fully saturated rings. The summed E-state index contributed by atoms with van der Waals surface area (Å²) in [5.41, 5.74) is 0. The van der Waals surface area contributed by atoms with Gasteiger partial charge in [-0.25, -0.2) is 0 Å². The molecule has 0 aliphatic carbocycles. The second-order valence-electron chi connectivity index (χ2n) is 5.47. The minimum absolute atomic E-state index is 0.0807. The van der Waals surface area contributed by atoms with E-state index in [9.17, 15) is 4.79 Å². The average Bonchev–Trinajstić information content (AvgIpc) is 2.91. The van der Waals surface area contributed by atoms with Crippen molar-refractivity contribution in [1.82, 2.24) is 9.80 Å². The van der Waals surface area contributed by atoms with E-state index < -0.39 is 0 Å². The minimum atomic E-state index is -0.0807. The Balaban J connectivity index is 1.95. The van der Waals surface area contributed by atoms with Crippen LogP contribution in [0.2, 0.25) is 4.34 Å². The van der Waals surface area contributed by atoms with Gasteiger partial charge in [0.25, 0.3) is 0 Å². The fourth-order valence-corrected chi connectivity index (χ4v) is 3.86. The number of rotatable bonds is 5. The van der Waals surface area contributed by atoms with Crippen LogP contribution in [0.1, 0.15) is 36.4 Å². The lowest BCUT2D eigenvalue weighted by Crippen LogP contribution is -2.48. The highest BCUT2D eigenvalue weighted by molar-refractivity contribution is 7.18. The number of thiophene rings is 1. The third-order valence-corrected chi connectivity index (χ3v) is 5.63.